The molecule has 3 nitrogen and oxygen atoms in total. The molecular weight excluding hydrogens is 399 g/mol. The van der Waals surface area contributed by atoms with Crippen LogP contribution in [0.2, 0.25) is 5.02 Å². The summed E-state index contributed by atoms with van der Waals surface area (Å²) >= 11 is 9.19. The van der Waals surface area contributed by atoms with Crippen molar-refractivity contribution >= 4 is 39.3 Å². The number of benzene rings is 2. The van der Waals surface area contributed by atoms with Crippen LogP contribution in [0.3, 0.4) is 0 Å². The van der Waals surface area contributed by atoms with E-state index in [0.717, 1.165) is 6.07 Å². The molecule has 1 atom stereocenters. The largest absolute Gasteiger partial charge is 0.465 e. The van der Waals surface area contributed by atoms with Crippen molar-refractivity contribution in [3.8, 4) is 0 Å². The Morgan fingerprint density at radius 2 is 2.04 bits per heavy atom. The molecule has 1 aliphatic rings. The van der Waals surface area contributed by atoms with Crippen molar-refractivity contribution in [1.29, 1.82) is 0 Å². The second kappa shape index (κ2) is 6.30. The first kappa shape index (κ1) is 17.1. The Balaban J connectivity index is 2.24. The Bertz CT molecular complexity index is 838. The van der Waals surface area contributed by atoms with Gasteiger partial charge in [0, 0.05) is 16.5 Å². The number of hydrogen-bond donors (Lipinski definition) is 0. The number of rotatable bonds is 3. The van der Waals surface area contributed by atoms with E-state index < -0.39 is 23.0 Å². The molecule has 0 aromatic heterocycles. The molecule has 1 aliphatic carbocycles. The van der Waals surface area contributed by atoms with Crippen molar-refractivity contribution in [3.63, 3.8) is 0 Å². The minimum Gasteiger partial charge on any atom is -0.465 e. The topological polar surface area (TPSA) is 43.4 Å². The Hall–Kier alpha value is -1.72. The average molecular weight is 412 g/mol. The molecule has 0 saturated carbocycles. The molecule has 3 rings (SSSR count). The van der Waals surface area contributed by atoms with Crippen LogP contribution in [0.4, 0.5) is 4.39 Å². The summed E-state index contributed by atoms with van der Waals surface area (Å²) in [6.07, 6.45) is 0.0740. The van der Waals surface area contributed by atoms with Crippen LogP contribution in [-0.4, -0.2) is 18.4 Å². The molecular formula is C18H13BrClFO3. The zero-order valence-electron chi connectivity index (χ0n) is 12.7. The van der Waals surface area contributed by atoms with Gasteiger partial charge in [-0.2, -0.15) is 0 Å². The lowest BCUT2D eigenvalue weighted by atomic mass is 9.77. The molecule has 124 valence electrons. The molecule has 0 radical (unpaired) electrons. The van der Waals surface area contributed by atoms with Gasteiger partial charge in [0.2, 0.25) is 0 Å². The number of carbonyl (C=O) groups is 2. The first-order chi connectivity index (χ1) is 11.4. The predicted octanol–water partition coefficient (Wildman–Crippen LogP) is 4.48. The molecule has 0 N–H and O–H groups in total. The van der Waals surface area contributed by atoms with E-state index in [1.54, 1.807) is 37.3 Å². The molecule has 0 heterocycles. The lowest BCUT2D eigenvalue weighted by Crippen LogP contribution is -2.43. The Kier molecular flexibility index (Phi) is 4.49. The molecule has 2 aromatic rings. The van der Waals surface area contributed by atoms with Gasteiger partial charge in [0.15, 0.2) is 11.2 Å². The quantitative estimate of drug-likeness (QED) is 0.425. The number of ether oxygens (including phenoxy) is 1. The maximum atomic E-state index is 14.0. The average Bonchev–Trinajstić information content (AvgIpc) is 2.88. The van der Waals surface area contributed by atoms with Gasteiger partial charge in [0.25, 0.3) is 0 Å². The second-order valence-electron chi connectivity index (χ2n) is 5.51. The summed E-state index contributed by atoms with van der Waals surface area (Å²) < 4.78 is 19.5. The summed E-state index contributed by atoms with van der Waals surface area (Å²) in [5, 5.41) is -0.103. The van der Waals surface area contributed by atoms with Crippen LogP contribution in [0.1, 0.15) is 28.4 Å². The van der Waals surface area contributed by atoms with Crippen LogP contribution >= 0.6 is 27.5 Å². The van der Waals surface area contributed by atoms with E-state index >= 15 is 0 Å². The third-order valence-corrected chi connectivity index (χ3v) is 5.70. The van der Waals surface area contributed by atoms with Crippen LogP contribution in [0.15, 0.2) is 40.9 Å². The second-order valence-corrected chi connectivity index (χ2v) is 6.68. The van der Waals surface area contributed by atoms with Gasteiger partial charge in [-0.1, -0.05) is 41.9 Å². The molecule has 24 heavy (non-hydrogen) atoms. The van der Waals surface area contributed by atoms with Crippen molar-refractivity contribution in [2.75, 3.05) is 6.61 Å². The van der Waals surface area contributed by atoms with Crippen molar-refractivity contribution in [3.05, 3.63) is 68.4 Å². The van der Waals surface area contributed by atoms with Crippen molar-refractivity contribution in [2.24, 2.45) is 0 Å². The van der Waals surface area contributed by atoms with Gasteiger partial charge in [-0.3, -0.25) is 9.59 Å². The van der Waals surface area contributed by atoms with Gasteiger partial charge in [-0.25, -0.2) is 4.39 Å². The summed E-state index contributed by atoms with van der Waals surface area (Å²) in [6, 6.07) is 9.78. The third-order valence-electron chi connectivity index (χ3n) is 4.23. The maximum Gasteiger partial charge on any atom is 0.324 e. The van der Waals surface area contributed by atoms with Gasteiger partial charge in [-0.15, -0.1) is 0 Å². The fraction of sp³-hybridized carbons (Fsp3) is 0.222. The molecule has 0 spiro atoms. The molecule has 0 bridgehead atoms. The van der Waals surface area contributed by atoms with Crippen LogP contribution in [0.5, 0.6) is 0 Å². The highest BCUT2D eigenvalue weighted by Gasteiger charge is 2.55. The van der Waals surface area contributed by atoms with Gasteiger partial charge in [-0.05, 0) is 40.0 Å². The lowest BCUT2D eigenvalue weighted by molar-refractivity contribution is -0.147. The molecule has 2 aromatic carbocycles. The molecule has 0 amide bonds. The van der Waals surface area contributed by atoms with E-state index in [4.69, 9.17) is 16.3 Å². The first-order valence-corrected chi connectivity index (χ1v) is 8.54. The fourth-order valence-electron chi connectivity index (χ4n) is 3.08. The molecule has 6 heteroatoms. The van der Waals surface area contributed by atoms with Gasteiger partial charge in [0.05, 0.1) is 11.6 Å². The Labute approximate surface area is 151 Å². The van der Waals surface area contributed by atoms with E-state index in [9.17, 15) is 14.0 Å². The lowest BCUT2D eigenvalue weighted by Gasteiger charge is -2.25. The maximum absolute atomic E-state index is 14.0. The van der Waals surface area contributed by atoms with Gasteiger partial charge >= 0.3 is 5.97 Å². The van der Waals surface area contributed by atoms with Gasteiger partial charge in [0.1, 0.15) is 5.82 Å². The van der Waals surface area contributed by atoms with Crippen LogP contribution in [0, 0.1) is 5.82 Å². The smallest absolute Gasteiger partial charge is 0.324 e. The summed E-state index contributed by atoms with van der Waals surface area (Å²) in [6.45, 7) is 1.82. The zero-order chi connectivity index (χ0) is 17.5. The monoisotopic (exact) mass is 410 g/mol. The minimum absolute atomic E-state index is 0.0740. The van der Waals surface area contributed by atoms with E-state index in [0.29, 0.717) is 15.6 Å². The first-order valence-electron chi connectivity index (χ1n) is 7.37. The normalized spacial score (nSPS) is 19.2. The Morgan fingerprint density at radius 1 is 1.38 bits per heavy atom. The molecule has 0 saturated heterocycles. The number of carbonyl (C=O) groups excluding carboxylic acids is 2. The van der Waals surface area contributed by atoms with Gasteiger partial charge < -0.3 is 4.74 Å². The number of ketones is 1. The van der Waals surface area contributed by atoms with Crippen LogP contribution in [0.25, 0.3) is 0 Å². The highest BCUT2D eigenvalue weighted by atomic mass is 79.9. The summed E-state index contributed by atoms with van der Waals surface area (Å²) in [4.78, 5) is 25.9. The highest BCUT2D eigenvalue weighted by molar-refractivity contribution is 9.10. The van der Waals surface area contributed by atoms with E-state index in [1.807, 2.05) is 0 Å². The molecule has 0 aliphatic heterocycles. The third kappa shape index (κ3) is 2.38. The summed E-state index contributed by atoms with van der Waals surface area (Å²) in [7, 11) is 0. The number of hydrogen-bond acceptors (Lipinski definition) is 3. The minimum atomic E-state index is -1.51. The predicted molar refractivity (Wildman–Crippen MR) is 91.9 cm³/mol. The SMILES string of the molecule is CCOC(=O)C1(c2ccccc2)Cc2c(cc(F)c(Cl)c2Br)C1=O. The fourth-order valence-corrected chi connectivity index (χ4v) is 3.79. The number of Topliss-reactive ketones (excluding diaryl/α,β-unsaturated/α-hetero) is 1. The molecule has 0 fully saturated rings. The number of fused-ring (bicyclic) bond motifs is 1. The van der Waals surface area contributed by atoms with E-state index in [-0.39, 0.29) is 23.6 Å². The zero-order valence-corrected chi connectivity index (χ0v) is 15.1. The van der Waals surface area contributed by atoms with E-state index in [1.165, 1.54) is 0 Å². The van der Waals surface area contributed by atoms with E-state index in [2.05, 4.69) is 15.9 Å². The number of esters is 1. The Morgan fingerprint density at radius 3 is 2.67 bits per heavy atom. The van der Waals surface area contributed by atoms with Crippen molar-refractivity contribution in [1.82, 2.24) is 0 Å². The standard InChI is InChI=1S/C18H13BrClFO3/c1-2-24-17(23)18(10-6-4-3-5-7-10)9-12-11(16(18)22)8-13(21)15(20)14(12)19/h3-8H,2,9H2,1H3. The molecule has 1 unspecified atom stereocenters. The van der Waals surface area contributed by atoms with Crippen molar-refractivity contribution < 1.29 is 18.7 Å². The van der Waals surface area contributed by atoms with Crippen LogP contribution < -0.4 is 0 Å². The number of halogens is 3. The summed E-state index contributed by atoms with van der Waals surface area (Å²) in [5.74, 6) is -1.82. The van der Waals surface area contributed by atoms with Crippen LogP contribution in [-0.2, 0) is 21.4 Å². The highest BCUT2D eigenvalue weighted by Crippen LogP contribution is 2.46. The van der Waals surface area contributed by atoms with Crippen molar-refractivity contribution in [2.45, 2.75) is 18.8 Å². The summed E-state index contributed by atoms with van der Waals surface area (Å²) in [5.41, 5.74) is -0.323.